The molecular formula is C7H11N3S2. The first-order chi connectivity index (χ1) is 5.74. The zero-order chi connectivity index (χ0) is 8.97. The van der Waals surface area contributed by atoms with Crippen LogP contribution in [-0.4, -0.2) is 30.3 Å². The van der Waals surface area contributed by atoms with Gasteiger partial charge in [-0.2, -0.15) is 0 Å². The highest BCUT2D eigenvalue weighted by Gasteiger charge is 1.98. The summed E-state index contributed by atoms with van der Waals surface area (Å²) >= 11 is 0. The molecule has 0 aliphatic rings. The molecule has 0 amide bonds. The van der Waals surface area contributed by atoms with E-state index in [4.69, 9.17) is 0 Å². The van der Waals surface area contributed by atoms with Crippen LogP contribution in [0.4, 0.5) is 5.95 Å². The Labute approximate surface area is 80.4 Å². The van der Waals surface area contributed by atoms with E-state index in [9.17, 15) is 0 Å². The summed E-state index contributed by atoms with van der Waals surface area (Å²) in [6.07, 6.45) is 5.71. The first-order valence-corrected chi connectivity index (χ1v) is 6.00. The van der Waals surface area contributed by atoms with E-state index in [0.29, 0.717) is 0 Å². The van der Waals surface area contributed by atoms with E-state index in [1.165, 1.54) is 0 Å². The summed E-state index contributed by atoms with van der Waals surface area (Å²) in [5.41, 5.74) is 0. The number of aromatic nitrogens is 2. The summed E-state index contributed by atoms with van der Waals surface area (Å²) in [7, 11) is 7.22. The summed E-state index contributed by atoms with van der Waals surface area (Å²) in [4.78, 5) is 11.3. The molecule has 0 aromatic carbocycles. The van der Waals surface area contributed by atoms with Crippen LogP contribution < -0.4 is 4.90 Å². The molecule has 0 aliphatic carbocycles. The second kappa shape index (κ2) is 4.57. The van der Waals surface area contributed by atoms with E-state index >= 15 is 0 Å². The van der Waals surface area contributed by atoms with Gasteiger partial charge in [-0.25, -0.2) is 9.97 Å². The molecule has 1 rings (SSSR count). The fraction of sp³-hybridized carbons (Fsp3) is 0.429. The molecular weight excluding hydrogens is 190 g/mol. The lowest BCUT2D eigenvalue weighted by Crippen LogP contribution is -2.11. The Kier molecular flexibility index (Phi) is 3.68. The molecule has 12 heavy (non-hydrogen) atoms. The van der Waals surface area contributed by atoms with Crippen LogP contribution in [0.2, 0.25) is 0 Å². The van der Waals surface area contributed by atoms with Gasteiger partial charge in [0.2, 0.25) is 5.95 Å². The summed E-state index contributed by atoms with van der Waals surface area (Å²) < 4.78 is 0. The first kappa shape index (κ1) is 9.67. The Morgan fingerprint density at radius 3 is 2.25 bits per heavy atom. The summed E-state index contributed by atoms with van der Waals surface area (Å²) in [6, 6.07) is 0. The smallest absolute Gasteiger partial charge is 0.224 e. The molecule has 3 nitrogen and oxygen atoms in total. The van der Waals surface area contributed by atoms with Gasteiger partial charge in [0.05, 0.1) is 4.90 Å². The van der Waals surface area contributed by atoms with Crippen molar-refractivity contribution < 1.29 is 0 Å². The van der Waals surface area contributed by atoms with Gasteiger partial charge in [0.25, 0.3) is 0 Å². The van der Waals surface area contributed by atoms with Crippen molar-refractivity contribution in [2.24, 2.45) is 0 Å². The van der Waals surface area contributed by atoms with E-state index in [-0.39, 0.29) is 0 Å². The lowest BCUT2D eigenvalue weighted by atomic mass is 10.6. The zero-order valence-electron chi connectivity index (χ0n) is 7.31. The molecule has 0 bridgehead atoms. The Morgan fingerprint density at radius 2 is 1.83 bits per heavy atom. The average molecular weight is 201 g/mol. The zero-order valence-corrected chi connectivity index (χ0v) is 8.95. The lowest BCUT2D eigenvalue weighted by molar-refractivity contribution is 0.977. The van der Waals surface area contributed by atoms with Crippen molar-refractivity contribution in [3.8, 4) is 0 Å². The van der Waals surface area contributed by atoms with Gasteiger partial charge >= 0.3 is 0 Å². The topological polar surface area (TPSA) is 29.0 Å². The van der Waals surface area contributed by atoms with Crippen molar-refractivity contribution in [2.45, 2.75) is 4.90 Å². The van der Waals surface area contributed by atoms with Crippen LogP contribution in [-0.2, 0) is 0 Å². The monoisotopic (exact) mass is 201 g/mol. The summed E-state index contributed by atoms with van der Waals surface area (Å²) in [6.45, 7) is 0. The third-order valence-electron chi connectivity index (χ3n) is 1.19. The van der Waals surface area contributed by atoms with Gasteiger partial charge in [-0.1, -0.05) is 21.6 Å². The van der Waals surface area contributed by atoms with E-state index in [2.05, 4.69) is 9.97 Å². The van der Waals surface area contributed by atoms with E-state index < -0.39 is 0 Å². The van der Waals surface area contributed by atoms with Crippen LogP contribution in [0.3, 0.4) is 0 Å². The number of rotatable bonds is 3. The third kappa shape index (κ3) is 2.57. The SMILES string of the molecule is CSSc1cnc(N(C)C)nc1. The second-order valence-electron chi connectivity index (χ2n) is 2.36. The number of nitrogens with zero attached hydrogens (tertiary/aromatic N) is 3. The molecule has 0 aliphatic heterocycles. The largest absolute Gasteiger partial charge is 0.347 e. The number of hydrogen-bond donors (Lipinski definition) is 0. The maximum Gasteiger partial charge on any atom is 0.224 e. The van der Waals surface area contributed by atoms with Crippen LogP contribution in [0.15, 0.2) is 17.3 Å². The molecule has 0 N–H and O–H groups in total. The number of anilines is 1. The van der Waals surface area contributed by atoms with Gasteiger partial charge in [0, 0.05) is 26.5 Å². The van der Waals surface area contributed by atoms with Crippen molar-refractivity contribution in [3.05, 3.63) is 12.4 Å². The Morgan fingerprint density at radius 1 is 1.25 bits per heavy atom. The van der Waals surface area contributed by atoms with Crippen molar-refractivity contribution in [1.29, 1.82) is 0 Å². The highest BCUT2D eigenvalue weighted by atomic mass is 33.1. The summed E-state index contributed by atoms with van der Waals surface area (Å²) in [5, 5.41) is 0. The molecule has 0 atom stereocenters. The Balaban J connectivity index is 2.71. The minimum absolute atomic E-state index is 0.750. The van der Waals surface area contributed by atoms with Crippen molar-refractivity contribution in [3.63, 3.8) is 0 Å². The molecule has 0 saturated carbocycles. The molecule has 5 heteroatoms. The maximum atomic E-state index is 4.18. The molecule has 0 spiro atoms. The normalized spacial score (nSPS) is 9.92. The van der Waals surface area contributed by atoms with Gasteiger partial charge in [0.15, 0.2) is 0 Å². The fourth-order valence-corrected chi connectivity index (χ4v) is 1.90. The predicted molar refractivity (Wildman–Crippen MR) is 55.7 cm³/mol. The molecule has 0 unspecified atom stereocenters. The molecule has 1 heterocycles. The van der Waals surface area contributed by atoms with Crippen LogP contribution >= 0.6 is 21.6 Å². The quantitative estimate of drug-likeness (QED) is 0.697. The van der Waals surface area contributed by atoms with Crippen molar-refractivity contribution >= 4 is 27.5 Å². The molecule has 0 radical (unpaired) electrons. The molecule has 1 aromatic rings. The second-order valence-corrected chi connectivity index (χ2v) is 4.83. The molecule has 66 valence electrons. The highest BCUT2D eigenvalue weighted by molar-refractivity contribution is 8.76. The molecule has 1 aromatic heterocycles. The van der Waals surface area contributed by atoms with E-state index in [1.54, 1.807) is 21.6 Å². The van der Waals surface area contributed by atoms with Crippen LogP contribution in [0.25, 0.3) is 0 Å². The van der Waals surface area contributed by atoms with Crippen LogP contribution in [0.5, 0.6) is 0 Å². The predicted octanol–water partition coefficient (Wildman–Crippen LogP) is 1.91. The Hall–Kier alpha value is -0.420. The summed E-state index contributed by atoms with van der Waals surface area (Å²) in [5.74, 6) is 0.750. The van der Waals surface area contributed by atoms with Crippen molar-refractivity contribution in [2.75, 3.05) is 25.3 Å². The molecule has 0 fully saturated rings. The van der Waals surface area contributed by atoms with E-state index in [1.807, 2.05) is 37.6 Å². The van der Waals surface area contributed by atoms with Gasteiger partial charge in [0.1, 0.15) is 0 Å². The standard InChI is InChI=1S/C7H11N3S2/c1-10(2)7-8-4-6(5-9-7)12-11-3/h4-5H,1-3H3. The van der Waals surface area contributed by atoms with Gasteiger partial charge in [-0.3, -0.25) is 0 Å². The first-order valence-electron chi connectivity index (χ1n) is 3.44. The minimum Gasteiger partial charge on any atom is -0.347 e. The van der Waals surface area contributed by atoms with Crippen LogP contribution in [0, 0.1) is 0 Å². The molecule has 0 saturated heterocycles. The third-order valence-corrected chi connectivity index (χ3v) is 2.84. The van der Waals surface area contributed by atoms with Crippen LogP contribution in [0.1, 0.15) is 0 Å². The fourth-order valence-electron chi connectivity index (χ4n) is 0.680. The lowest BCUT2D eigenvalue weighted by Gasteiger charge is -2.08. The highest BCUT2D eigenvalue weighted by Crippen LogP contribution is 2.27. The van der Waals surface area contributed by atoms with Gasteiger partial charge in [-0.05, 0) is 6.26 Å². The maximum absolute atomic E-state index is 4.18. The minimum atomic E-state index is 0.750. The number of hydrogen-bond acceptors (Lipinski definition) is 5. The van der Waals surface area contributed by atoms with E-state index in [0.717, 1.165) is 10.8 Å². The average Bonchev–Trinajstić information content (AvgIpc) is 2.06. The Bertz CT molecular complexity index is 235. The van der Waals surface area contributed by atoms with Gasteiger partial charge in [-0.15, -0.1) is 0 Å². The van der Waals surface area contributed by atoms with Gasteiger partial charge < -0.3 is 4.90 Å². The van der Waals surface area contributed by atoms with Crippen molar-refractivity contribution in [1.82, 2.24) is 9.97 Å².